The molecule has 0 radical (unpaired) electrons. The van der Waals surface area contributed by atoms with Gasteiger partial charge in [-0.15, -0.1) is 0 Å². The van der Waals surface area contributed by atoms with Crippen LogP contribution in [0.4, 0.5) is 0 Å². The number of benzene rings is 1. The molecule has 4 heteroatoms. The monoisotopic (exact) mass is 389 g/mol. The van der Waals surface area contributed by atoms with Gasteiger partial charge in [0.1, 0.15) is 0 Å². The number of nitrogens with one attached hydrogen (secondary N) is 1. The molecule has 1 rings (SSSR count). The Hall–Kier alpha value is -0.350. The highest BCUT2D eigenvalue weighted by molar-refractivity contribution is 9.10. The molecule has 0 bridgehead atoms. The zero-order chi connectivity index (χ0) is 14.5. The van der Waals surface area contributed by atoms with Crippen LogP contribution in [-0.4, -0.2) is 17.8 Å². The lowest BCUT2D eigenvalue weighted by Crippen LogP contribution is -2.38. The average Bonchev–Trinajstić information content (AvgIpc) is 2.43. The molecule has 2 nitrogen and oxygen atoms in total. The number of carbonyl (C=O) groups excluding carboxylic acids is 1. The van der Waals surface area contributed by atoms with Gasteiger partial charge < -0.3 is 5.32 Å². The molecule has 0 fully saturated rings. The number of rotatable bonds is 6. The molecule has 1 aromatic carbocycles. The summed E-state index contributed by atoms with van der Waals surface area (Å²) in [5.41, 5.74) is 1.95. The zero-order valence-electron chi connectivity index (χ0n) is 11.7. The maximum atomic E-state index is 12.2. The molecule has 0 saturated carbocycles. The van der Waals surface area contributed by atoms with Crippen molar-refractivity contribution in [2.75, 3.05) is 11.9 Å². The van der Waals surface area contributed by atoms with Crippen LogP contribution in [-0.2, 0) is 0 Å². The van der Waals surface area contributed by atoms with Gasteiger partial charge in [0.15, 0.2) is 0 Å². The maximum Gasteiger partial charge on any atom is 0.251 e. The fourth-order valence-electron chi connectivity index (χ4n) is 1.89. The van der Waals surface area contributed by atoms with E-state index in [0.717, 1.165) is 33.8 Å². The third-order valence-corrected chi connectivity index (χ3v) is 5.91. The average molecular weight is 391 g/mol. The number of hydrogen-bond acceptors (Lipinski definition) is 1. The van der Waals surface area contributed by atoms with Crippen molar-refractivity contribution in [3.63, 3.8) is 0 Å². The van der Waals surface area contributed by atoms with Gasteiger partial charge in [-0.1, -0.05) is 45.7 Å². The van der Waals surface area contributed by atoms with Crippen LogP contribution in [0.3, 0.4) is 0 Å². The number of alkyl halides is 1. The van der Waals surface area contributed by atoms with E-state index in [1.165, 1.54) is 0 Å². The Balaban J connectivity index is 2.72. The lowest BCUT2D eigenvalue weighted by atomic mass is 9.84. The Bertz CT molecular complexity index is 434. The Labute approximate surface area is 132 Å². The van der Waals surface area contributed by atoms with Gasteiger partial charge in [-0.3, -0.25) is 4.79 Å². The molecular formula is C15H21Br2NO. The van der Waals surface area contributed by atoms with Gasteiger partial charge in [-0.2, -0.15) is 0 Å². The van der Waals surface area contributed by atoms with E-state index in [2.05, 4.69) is 51.0 Å². The topological polar surface area (TPSA) is 29.1 Å². The largest absolute Gasteiger partial charge is 0.351 e. The number of carbonyl (C=O) groups is 1. The van der Waals surface area contributed by atoms with Crippen LogP contribution < -0.4 is 5.32 Å². The van der Waals surface area contributed by atoms with E-state index in [-0.39, 0.29) is 11.3 Å². The van der Waals surface area contributed by atoms with Crippen molar-refractivity contribution in [1.29, 1.82) is 0 Å². The first-order valence-corrected chi connectivity index (χ1v) is 8.49. The molecule has 0 atom stereocenters. The van der Waals surface area contributed by atoms with E-state index in [4.69, 9.17) is 0 Å². The lowest BCUT2D eigenvalue weighted by molar-refractivity contribution is 0.0932. The Kier molecular flexibility index (Phi) is 6.54. The van der Waals surface area contributed by atoms with Gasteiger partial charge in [-0.25, -0.2) is 0 Å². The fraction of sp³-hybridized carbons (Fsp3) is 0.533. The molecule has 106 valence electrons. The highest BCUT2D eigenvalue weighted by Gasteiger charge is 2.25. The minimum absolute atomic E-state index is 0.00262. The second-order valence-corrected chi connectivity index (χ2v) is 6.40. The molecule has 0 aliphatic rings. The maximum absolute atomic E-state index is 12.2. The van der Waals surface area contributed by atoms with Crippen LogP contribution in [0.25, 0.3) is 0 Å². The van der Waals surface area contributed by atoms with Gasteiger partial charge in [0.25, 0.3) is 5.91 Å². The molecule has 1 aromatic rings. The summed E-state index contributed by atoms with van der Waals surface area (Å²) in [4.78, 5) is 12.2. The van der Waals surface area contributed by atoms with Crippen LogP contribution in [0, 0.1) is 12.3 Å². The zero-order valence-corrected chi connectivity index (χ0v) is 14.9. The smallest absolute Gasteiger partial charge is 0.251 e. The Morgan fingerprint density at radius 2 is 1.95 bits per heavy atom. The van der Waals surface area contributed by atoms with Gasteiger partial charge in [0.2, 0.25) is 0 Å². The second kappa shape index (κ2) is 7.44. The van der Waals surface area contributed by atoms with Crippen molar-refractivity contribution in [1.82, 2.24) is 5.32 Å². The summed E-state index contributed by atoms with van der Waals surface area (Å²) >= 11 is 7.01. The summed E-state index contributed by atoms with van der Waals surface area (Å²) in [7, 11) is 0. The van der Waals surface area contributed by atoms with Crippen LogP contribution in [0.1, 0.15) is 42.6 Å². The minimum atomic E-state index is 0.00262. The third-order valence-electron chi connectivity index (χ3n) is 3.83. The Morgan fingerprint density at radius 3 is 2.42 bits per heavy atom. The van der Waals surface area contributed by atoms with Crippen molar-refractivity contribution < 1.29 is 4.79 Å². The van der Waals surface area contributed by atoms with E-state index in [1.807, 2.05) is 25.1 Å². The van der Waals surface area contributed by atoms with E-state index in [1.54, 1.807) is 0 Å². The molecule has 1 N–H and O–H groups in total. The van der Waals surface area contributed by atoms with E-state index >= 15 is 0 Å². The molecule has 0 aliphatic heterocycles. The number of hydrogen-bond donors (Lipinski definition) is 1. The normalized spacial score (nSPS) is 11.4. The van der Waals surface area contributed by atoms with E-state index in [0.29, 0.717) is 6.54 Å². The highest BCUT2D eigenvalue weighted by atomic mass is 79.9. The molecule has 0 aliphatic carbocycles. The lowest BCUT2D eigenvalue weighted by Gasteiger charge is -2.29. The number of aryl methyl sites for hydroxylation is 1. The molecule has 0 unspecified atom stereocenters. The quantitative estimate of drug-likeness (QED) is 0.701. The summed E-state index contributed by atoms with van der Waals surface area (Å²) in [5.74, 6) is 0.00262. The summed E-state index contributed by atoms with van der Waals surface area (Å²) in [6, 6.07) is 5.68. The third kappa shape index (κ3) is 4.32. The predicted molar refractivity (Wildman–Crippen MR) is 88.0 cm³/mol. The molecule has 19 heavy (non-hydrogen) atoms. The van der Waals surface area contributed by atoms with Crippen LogP contribution in [0.2, 0.25) is 0 Å². The van der Waals surface area contributed by atoms with Crippen molar-refractivity contribution in [3.8, 4) is 0 Å². The first-order valence-electron chi connectivity index (χ1n) is 6.58. The number of amides is 1. The molecular weight excluding hydrogens is 370 g/mol. The second-order valence-electron chi connectivity index (χ2n) is 4.99. The van der Waals surface area contributed by atoms with Gasteiger partial charge in [-0.05, 0) is 48.9 Å². The Morgan fingerprint density at radius 1 is 1.32 bits per heavy atom. The van der Waals surface area contributed by atoms with E-state index < -0.39 is 0 Å². The van der Waals surface area contributed by atoms with Crippen molar-refractivity contribution >= 4 is 37.8 Å². The highest BCUT2D eigenvalue weighted by Crippen LogP contribution is 2.28. The molecule has 0 aromatic heterocycles. The minimum Gasteiger partial charge on any atom is -0.351 e. The van der Waals surface area contributed by atoms with E-state index in [9.17, 15) is 4.79 Å². The summed E-state index contributed by atoms with van der Waals surface area (Å²) < 4.78 is 1.03. The predicted octanol–water partition coefficient (Wildman–Crippen LogP) is 4.69. The first-order chi connectivity index (χ1) is 8.98. The summed E-state index contributed by atoms with van der Waals surface area (Å²) in [6.45, 7) is 7.03. The summed E-state index contributed by atoms with van der Waals surface area (Å²) in [5, 5.41) is 3.96. The molecule has 0 heterocycles. The molecule has 0 saturated heterocycles. The number of halogens is 2. The van der Waals surface area contributed by atoms with Crippen LogP contribution in [0.15, 0.2) is 22.7 Å². The van der Waals surface area contributed by atoms with Crippen LogP contribution >= 0.6 is 31.9 Å². The van der Waals surface area contributed by atoms with Gasteiger partial charge in [0.05, 0.1) is 0 Å². The van der Waals surface area contributed by atoms with Crippen LogP contribution in [0.5, 0.6) is 0 Å². The summed E-state index contributed by atoms with van der Waals surface area (Å²) in [6.07, 6.45) is 2.10. The molecule has 1 amide bonds. The van der Waals surface area contributed by atoms with Gasteiger partial charge in [0, 0.05) is 21.9 Å². The van der Waals surface area contributed by atoms with Gasteiger partial charge >= 0.3 is 0 Å². The molecule has 0 spiro atoms. The first kappa shape index (κ1) is 16.7. The standard InChI is InChI=1S/C15H21Br2NO/c1-4-15(5-2,9-16)10-18-14(19)12-6-7-13(17)11(3)8-12/h6-8H,4-5,9-10H2,1-3H3,(H,18,19). The van der Waals surface area contributed by atoms with Crippen molar-refractivity contribution in [3.05, 3.63) is 33.8 Å². The SMILES string of the molecule is CCC(CC)(CBr)CNC(=O)c1ccc(Br)c(C)c1. The fourth-order valence-corrected chi connectivity index (χ4v) is 3.13. The van der Waals surface area contributed by atoms with Crippen molar-refractivity contribution in [2.24, 2.45) is 5.41 Å². The van der Waals surface area contributed by atoms with Crippen molar-refractivity contribution in [2.45, 2.75) is 33.6 Å².